The molecule has 4 N–H and O–H groups in total. The minimum Gasteiger partial charge on any atom is -0.369 e. The summed E-state index contributed by atoms with van der Waals surface area (Å²) in [7, 11) is 1.82. The molecule has 0 bridgehead atoms. The number of hydrogen-bond donors (Lipinski definition) is 3. The lowest BCUT2D eigenvalue weighted by molar-refractivity contribution is -0.119. The van der Waals surface area contributed by atoms with Crippen molar-refractivity contribution in [3.05, 3.63) is 34.3 Å². The van der Waals surface area contributed by atoms with Gasteiger partial charge >= 0.3 is 0 Å². The van der Waals surface area contributed by atoms with Gasteiger partial charge in [0.1, 0.15) is 0 Å². The smallest absolute Gasteiger partial charge is 0.231 e. The van der Waals surface area contributed by atoms with Gasteiger partial charge in [-0.1, -0.05) is 28.1 Å². The highest BCUT2D eigenvalue weighted by Crippen LogP contribution is 2.48. The summed E-state index contributed by atoms with van der Waals surface area (Å²) in [6, 6.07) is 8.99. The van der Waals surface area contributed by atoms with Crippen molar-refractivity contribution in [3.8, 4) is 0 Å². The second kappa shape index (κ2) is 8.39. The standard InChI is InChI=1S/C19H28BrN5O/c1-22-18(24-16-5-9-25(10-6-16)12-17(21)26)23-13-19(7-8-19)14-3-2-4-15(20)11-14/h2-4,11,16H,5-10,12-13H2,1H3,(H2,21,26)(H2,22,23,24). The number of guanidine groups is 1. The van der Waals surface area contributed by atoms with Gasteiger partial charge in [-0.25, -0.2) is 0 Å². The van der Waals surface area contributed by atoms with Crippen LogP contribution >= 0.6 is 15.9 Å². The van der Waals surface area contributed by atoms with E-state index >= 15 is 0 Å². The Labute approximate surface area is 163 Å². The van der Waals surface area contributed by atoms with E-state index in [1.165, 1.54) is 18.4 Å². The van der Waals surface area contributed by atoms with Gasteiger partial charge in [0.15, 0.2) is 5.96 Å². The van der Waals surface area contributed by atoms with Crippen molar-refractivity contribution in [2.24, 2.45) is 10.7 Å². The highest BCUT2D eigenvalue weighted by atomic mass is 79.9. The Bertz CT molecular complexity index is 666. The zero-order valence-electron chi connectivity index (χ0n) is 15.3. The Hall–Kier alpha value is -1.60. The fourth-order valence-corrected chi connectivity index (χ4v) is 4.03. The Morgan fingerprint density at radius 1 is 1.38 bits per heavy atom. The molecule has 1 heterocycles. The van der Waals surface area contributed by atoms with Gasteiger partial charge in [0.2, 0.25) is 5.91 Å². The van der Waals surface area contributed by atoms with Crippen molar-refractivity contribution in [2.75, 3.05) is 33.2 Å². The van der Waals surface area contributed by atoms with Crippen LogP contribution in [0.15, 0.2) is 33.7 Å². The van der Waals surface area contributed by atoms with Crippen molar-refractivity contribution >= 4 is 27.8 Å². The zero-order valence-corrected chi connectivity index (χ0v) is 16.9. The molecule has 1 aromatic carbocycles. The van der Waals surface area contributed by atoms with Crippen LogP contribution in [0.4, 0.5) is 0 Å². The van der Waals surface area contributed by atoms with Gasteiger partial charge in [-0.15, -0.1) is 0 Å². The van der Waals surface area contributed by atoms with E-state index in [0.717, 1.165) is 42.9 Å². The molecule has 2 fully saturated rings. The molecule has 1 aliphatic carbocycles. The summed E-state index contributed by atoms with van der Waals surface area (Å²) in [5.74, 6) is 0.607. The predicted molar refractivity (Wildman–Crippen MR) is 108 cm³/mol. The quantitative estimate of drug-likeness (QED) is 0.481. The molecule has 0 atom stereocenters. The van der Waals surface area contributed by atoms with E-state index < -0.39 is 0 Å². The molecule has 26 heavy (non-hydrogen) atoms. The fraction of sp³-hybridized carbons (Fsp3) is 0.579. The second-order valence-electron chi connectivity index (χ2n) is 7.38. The van der Waals surface area contributed by atoms with E-state index in [9.17, 15) is 4.79 Å². The molecule has 1 aliphatic heterocycles. The van der Waals surface area contributed by atoms with Crippen LogP contribution in [0.25, 0.3) is 0 Å². The number of aliphatic imine (C=N–C) groups is 1. The first-order valence-corrected chi connectivity index (χ1v) is 10.0. The van der Waals surface area contributed by atoms with Crippen molar-refractivity contribution < 1.29 is 4.79 Å². The topological polar surface area (TPSA) is 82.8 Å². The zero-order chi connectivity index (χ0) is 18.6. The van der Waals surface area contributed by atoms with Gasteiger partial charge in [0, 0.05) is 42.6 Å². The number of likely N-dealkylation sites (tertiary alicyclic amines) is 1. The first-order chi connectivity index (χ1) is 12.5. The molecule has 7 heteroatoms. The molecule has 1 saturated carbocycles. The van der Waals surface area contributed by atoms with E-state index in [2.05, 4.69) is 60.7 Å². The van der Waals surface area contributed by atoms with Crippen molar-refractivity contribution in [1.29, 1.82) is 0 Å². The van der Waals surface area contributed by atoms with Crippen molar-refractivity contribution in [1.82, 2.24) is 15.5 Å². The van der Waals surface area contributed by atoms with Gasteiger partial charge < -0.3 is 16.4 Å². The maximum atomic E-state index is 11.0. The lowest BCUT2D eigenvalue weighted by atomic mass is 9.96. The number of hydrogen-bond acceptors (Lipinski definition) is 3. The van der Waals surface area contributed by atoms with Gasteiger partial charge in [-0.2, -0.15) is 0 Å². The summed E-state index contributed by atoms with van der Waals surface area (Å²) in [5.41, 5.74) is 6.89. The maximum Gasteiger partial charge on any atom is 0.231 e. The number of carbonyl (C=O) groups is 1. The van der Waals surface area contributed by atoms with Crippen LogP contribution in [-0.2, 0) is 10.2 Å². The summed E-state index contributed by atoms with van der Waals surface area (Å²) in [6.45, 7) is 3.03. The van der Waals surface area contributed by atoms with Crippen LogP contribution in [0, 0.1) is 0 Å². The Morgan fingerprint density at radius 2 is 2.12 bits per heavy atom. The number of carbonyl (C=O) groups excluding carboxylic acids is 1. The number of nitrogens with two attached hydrogens (primary N) is 1. The Kier molecular flexibility index (Phi) is 6.19. The van der Waals surface area contributed by atoms with E-state index in [0.29, 0.717) is 12.6 Å². The molecule has 0 radical (unpaired) electrons. The lowest BCUT2D eigenvalue weighted by Crippen LogP contribution is -2.50. The van der Waals surface area contributed by atoms with Gasteiger partial charge in [-0.05, 0) is 43.4 Å². The van der Waals surface area contributed by atoms with E-state index in [1.54, 1.807) is 0 Å². The summed E-state index contributed by atoms with van der Waals surface area (Å²) in [6.07, 6.45) is 4.40. The monoisotopic (exact) mass is 421 g/mol. The summed E-state index contributed by atoms with van der Waals surface area (Å²) in [5, 5.41) is 7.05. The number of primary amides is 1. The van der Waals surface area contributed by atoms with Gasteiger partial charge in [0.25, 0.3) is 0 Å². The molecule has 1 saturated heterocycles. The molecule has 0 aromatic heterocycles. The van der Waals surface area contributed by atoms with Crippen LogP contribution in [0.1, 0.15) is 31.2 Å². The Balaban J connectivity index is 1.48. The lowest BCUT2D eigenvalue weighted by Gasteiger charge is -2.32. The number of nitrogens with one attached hydrogen (secondary N) is 2. The molecule has 2 aliphatic rings. The van der Waals surface area contributed by atoms with Crippen molar-refractivity contribution in [3.63, 3.8) is 0 Å². The maximum absolute atomic E-state index is 11.0. The third-order valence-corrected chi connectivity index (χ3v) is 5.91. The highest BCUT2D eigenvalue weighted by Gasteiger charge is 2.44. The summed E-state index contributed by atoms with van der Waals surface area (Å²) < 4.78 is 1.13. The van der Waals surface area contributed by atoms with Crippen LogP contribution in [-0.4, -0.2) is 56.0 Å². The largest absolute Gasteiger partial charge is 0.369 e. The highest BCUT2D eigenvalue weighted by molar-refractivity contribution is 9.10. The molecule has 142 valence electrons. The second-order valence-corrected chi connectivity index (χ2v) is 8.29. The van der Waals surface area contributed by atoms with Gasteiger partial charge in [-0.3, -0.25) is 14.7 Å². The number of rotatable bonds is 6. The third-order valence-electron chi connectivity index (χ3n) is 5.42. The van der Waals surface area contributed by atoms with E-state index in [1.807, 2.05) is 7.05 Å². The molecule has 3 rings (SSSR count). The first-order valence-electron chi connectivity index (χ1n) is 9.25. The van der Waals surface area contributed by atoms with Gasteiger partial charge in [0.05, 0.1) is 6.54 Å². The third kappa shape index (κ3) is 4.98. The van der Waals surface area contributed by atoms with E-state index in [-0.39, 0.29) is 11.3 Å². The molecule has 6 nitrogen and oxygen atoms in total. The molecule has 1 amide bonds. The van der Waals surface area contributed by atoms with Crippen LogP contribution in [0.2, 0.25) is 0 Å². The average Bonchev–Trinajstić information content (AvgIpc) is 3.41. The van der Waals surface area contributed by atoms with E-state index in [4.69, 9.17) is 5.73 Å². The Morgan fingerprint density at radius 3 is 2.69 bits per heavy atom. The van der Waals surface area contributed by atoms with Crippen LogP contribution in [0.5, 0.6) is 0 Å². The fourth-order valence-electron chi connectivity index (χ4n) is 3.63. The minimum absolute atomic E-state index is 0.228. The average molecular weight is 422 g/mol. The van der Waals surface area contributed by atoms with Crippen LogP contribution in [0.3, 0.4) is 0 Å². The molecule has 1 aromatic rings. The number of nitrogens with zero attached hydrogens (tertiary/aromatic N) is 2. The number of halogens is 1. The summed E-state index contributed by atoms with van der Waals surface area (Å²) in [4.78, 5) is 17.5. The number of amides is 1. The first kappa shape index (κ1) is 19.2. The molecule has 0 spiro atoms. The number of piperidine rings is 1. The summed E-state index contributed by atoms with van der Waals surface area (Å²) >= 11 is 3.57. The number of benzene rings is 1. The molecular formula is C19H28BrN5O. The molecule has 0 unspecified atom stereocenters. The van der Waals surface area contributed by atoms with Crippen molar-refractivity contribution in [2.45, 2.75) is 37.1 Å². The normalized spacial score (nSPS) is 20.6. The molecular weight excluding hydrogens is 394 g/mol. The predicted octanol–water partition coefficient (Wildman–Crippen LogP) is 1.60. The minimum atomic E-state index is -0.254. The SMILES string of the molecule is CN=C(NCC1(c2cccc(Br)c2)CC1)NC1CCN(CC(N)=O)CC1. The van der Waals surface area contributed by atoms with Crippen LogP contribution < -0.4 is 16.4 Å².